The van der Waals surface area contributed by atoms with E-state index >= 15 is 0 Å². The van der Waals surface area contributed by atoms with Gasteiger partial charge in [0.15, 0.2) is 0 Å². The van der Waals surface area contributed by atoms with Gasteiger partial charge in [-0.05, 0) is 68.3 Å². The van der Waals surface area contributed by atoms with Crippen molar-refractivity contribution in [3.8, 4) is 0 Å². The van der Waals surface area contributed by atoms with Gasteiger partial charge in [0.05, 0.1) is 15.2 Å². The lowest BCUT2D eigenvalue weighted by atomic mass is 9.83. The van der Waals surface area contributed by atoms with Crippen molar-refractivity contribution in [3.63, 3.8) is 0 Å². The van der Waals surface area contributed by atoms with Crippen LogP contribution in [-0.2, 0) is 20.8 Å². The minimum Gasteiger partial charge on any atom is -0.350 e. The van der Waals surface area contributed by atoms with Gasteiger partial charge >= 0.3 is 0 Å². The van der Waals surface area contributed by atoms with E-state index in [4.69, 9.17) is 4.98 Å². The monoisotopic (exact) mass is 595 g/mol. The topological polar surface area (TPSA) is 103 Å². The summed E-state index contributed by atoms with van der Waals surface area (Å²) in [6, 6.07) is 5.35. The molecule has 2 fully saturated rings. The number of piperidine rings is 1. The highest BCUT2D eigenvalue weighted by Gasteiger charge is 2.30. The summed E-state index contributed by atoms with van der Waals surface area (Å²) in [6.07, 6.45) is 9.64. The second-order valence-electron chi connectivity index (χ2n) is 12.3. The third-order valence-electron chi connectivity index (χ3n) is 8.69. The number of amides is 3. The molecule has 1 aliphatic heterocycles. The SMILES string of the molecule is C=C(CN1CCCCC1)C(=O)NC[C@@H](NC(=O)[C@H](Cc1nc2ccc(C(C)C)cc2s1)NC(=O)CC)C1CCCCC1. The number of nitrogens with one attached hydrogen (secondary N) is 3. The van der Waals surface area contributed by atoms with Crippen LogP contribution in [0.25, 0.3) is 10.2 Å². The number of hydrogen-bond acceptors (Lipinski definition) is 6. The number of carbonyl (C=O) groups is 3. The summed E-state index contributed by atoms with van der Waals surface area (Å²) in [6.45, 7) is 13.1. The van der Waals surface area contributed by atoms with Gasteiger partial charge in [-0.2, -0.15) is 0 Å². The molecular weight excluding hydrogens is 546 g/mol. The molecule has 2 heterocycles. The average Bonchev–Trinajstić information content (AvgIpc) is 3.41. The molecule has 3 N–H and O–H groups in total. The summed E-state index contributed by atoms with van der Waals surface area (Å²) in [5.74, 6) is 0.145. The third-order valence-corrected chi connectivity index (χ3v) is 9.73. The van der Waals surface area contributed by atoms with Crippen molar-refractivity contribution < 1.29 is 14.4 Å². The minimum absolute atomic E-state index is 0.151. The zero-order chi connectivity index (χ0) is 30.1. The fraction of sp³-hybridized carbons (Fsp3) is 0.636. The van der Waals surface area contributed by atoms with Gasteiger partial charge in [-0.25, -0.2) is 4.98 Å². The van der Waals surface area contributed by atoms with E-state index in [9.17, 15) is 14.4 Å². The number of hydrogen-bond donors (Lipinski definition) is 3. The van der Waals surface area contributed by atoms with Crippen LogP contribution in [0.4, 0.5) is 0 Å². The maximum absolute atomic E-state index is 13.8. The molecule has 230 valence electrons. The van der Waals surface area contributed by atoms with Gasteiger partial charge < -0.3 is 16.0 Å². The smallest absolute Gasteiger partial charge is 0.247 e. The van der Waals surface area contributed by atoms with Crippen molar-refractivity contribution in [1.29, 1.82) is 0 Å². The van der Waals surface area contributed by atoms with Gasteiger partial charge in [-0.15, -0.1) is 11.3 Å². The molecular formula is C33H49N5O3S. The normalized spacial score (nSPS) is 18.0. The van der Waals surface area contributed by atoms with Crippen LogP contribution < -0.4 is 16.0 Å². The Balaban J connectivity index is 1.44. The van der Waals surface area contributed by atoms with Crippen LogP contribution in [0.15, 0.2) is 30.4 Å². The van der Waals surface area contributed by atoms with Crippen LogP contribution in [0.5, 0.6) is 0 Å². The van der Waals surface area contributed by atoms with Gasteiger partial charge in [0.2, 0.25) is 17.7 Å². The van der Waals surface area contributed by atoms with Crippen LogP contribution in [0.2, 0.25) is 0 Å². The van der Waals surface area contributed by atoms with E-state index in [1.54, 1.807) is 18.3 Å². The highest BCUT2D eigenvalue weighted by atomic mass is 32.1. The van der Waals surface area contributed by atoms with Gasteiger partial charge in [-0.1, -0.05) is 59.1 Å². The van der Waals surface area contributed by atoms with E-state index in [1.165, 1.54) is 18.4 Å². The van der Waals surface area contributed by atoms with Gasteiger partial charge in [0.1, 0.15) is 6.04 Å². The Morgan fingerprint density at radius 1 is 1.05 bits per heavy atom. The maximum Gasteiger partial charge on any atom is 0.247 e. The van der Waals surface area contributed by atoms with Gasteiger partial charge in [-0.3, -0.25) is 19.3 Å². The van der Waals surface area contributed by atoms with Gasteiger partial charge in [0.25, 0.3) is 0 Å². The molecule has 2 aromatic rings. The molecule has 1 aliphatic carbocycles. The molecule has 0 unspecified atom stereocenters. The highest BCUT2D eigenvalue weighted by molar-refractivity contribution is 7.18. The molecule has 0 spiro atoms. The Morgan fingerprint density at radius 3 is 2.45 bits per heavy atom. The Morgan fingerprint density at radius 2 is 1.76 bits per heavy atom. The summed E-state index contributed by atoms with van der Waals surface area (Å²) in [5.41, 5.74) is 2.73. The first-order valence-corrected chi connectivity index (χ1v) is 16.7. The largest absolute Gasteiger partial charge is 0.350 e. The van der Waals surface area contributed by atoms with Crippen molar-refractivity contribution in [2.24, 2.45) is 5.92 Å². The molecule has 42 heavy (non-hydrogen) atoms. The van der Waals surface area contributed by atoms with Crippen molar-refractivity contribution >= 4 is 39.3 Å². The number of benzene rings is 1. The fourth-order valence-electron chi connectivity index (χ4n) is 6.06. The summed E-state index contributed by atoms with van der Waals surface area (Å²) < 4.78 is 1.09. The quantitative estimate of drug-likeness (QED) is 0.280. The highest BCUT2D eigenvalue weighted by Crippen LogP contribution is 2.28. The number of carbonyl (C=O) groups excluding carboxylic acids is 3. The number of likely N-dealkylation sites (tertiary alicyclic amines) is 1. The number of nitrogens with zero attached hydrogens (tertiary/aromatic N) is 2. The Bertz CT molecular complexity index is 1230. The first kappa shape index (κ1) is 32.1. The molecule has 3 amide bonds. The van der Waals surface area contributed by atoms with Crippen LogP contribution >= 0.6 is 11.3 Å². The lowest BCUT2D eigenvalue weighted by Crippen LogP contribution is -2.55. The summed E-state index contributed by atoms with van der Waals surface area (Å²) >= 11 is 1.57. The first-order valence-electron chi connectivity index (χ1n) is 15.9. The molecule has 4 rings (SSSR count). The van der Waals surface area contributed by atoms with Crippen molar-refractivity contribution in [2.45, 2.75) is 103 Å². The van der Waals surface area contributed by atoms with Crippen molar-refractivity contribution in [1.82, 2.24) is 25.8 Å². The van der Waals surface area contributed by atoms with E-state index in [0.717, 1.165) is 66.8 Å². The second kappa shape index (κ2) is 15.6. The molecule has 0 radical (unpaired) electrons. The standard InChI is InChI=1S/C33H49N5O3S/c1-5-30(39)35-27(19-31-36-26-15-14-25(22(2)3)18-29(26)42-31)33(41)37-28(24-12-8-6-9-13-24)20-34-32(40)23(4)21-38-16-10-7-11-17-38/h14-15,18,22,24,27-28H,4-13,16-17,19-21H2,1-3H3,(H,34,40)(H,35,39)(H,37,41)/t27-,28+/m0/s1. The predicted octanol–water partition coefficient (Wildman–Crippen LogP) is 5.08. The molecule has 1 aromatic heterocycles. The van der Waals surface area contributed by atoms with E-state index in [0.29, 0.717) is 37.4 Å². The summed E-state index contributed by atoms with van der Waals surface area (Å²) in [4.78, 5) is 46.3. The molecule has 1 saturated heterocycles. The van der Waals surface area contributed by atoms with Crippen LogP contribution in [0, 0.1) is 5.92 Å². The lowest BCUT2D eigenvalue weighted by Gasteiger charge is -2.32. The van der Waals surface area contributed by atoms with Crippen LogP contribution in [0.3, 0.4) is 0 Å². The average molecular weight is 596 g/mol. The van der Waals surface area contributed by atoms with Gasteiger partial charge in [0, 0.05) is 37.5 Å². The number of thiazole rings is 1. The van der Waals surface area contributed by atoms with E-state index in [1.807, 2.05) is 6.07 Å². The minimum atomic E-state index is -0.738. The number of fused-ring (bicyclic) bond motifs is 1. The molecule has 1 saturated carbocycles. The molecule has 2 aliphatic rings. The van der Waals surface area contributed by atoms with Crippen molar-refractivity contribution in [3.05, 3.63) is 40.9 Å². The lowest BCUT2D eigenvalue weighted by molar-refractivity contribution is -0.129. The molecule has 1 aromatic carbocycles. The van der Waals surface area contributed by atoms with E-state index in [2.05, 4.69) is 53.4 Å². The van der Waals surface area contributed by atoms with Crippen LogP contribution in [0.1, 0.15) is 95.0 Å². The molecule has 2 atom stereocenters. The predicted molar refractivity (Wildman–Crippen MR) is 171 cm³/mol. The maximum atomic E-state index is 13.8. The molecule has 0 bridgehead atoms. The second-order valence-corrected chi connectivity index (χ2v) is 13.4. The zero-order valence-corrected chi connectivity index (χ0v) is 26.5. The number of aromatic nitrogens is 1. The first-order chi connectivity index (χ1) is 20.2. The van der Waals surface area contributed by atoms with Crippen LogP contribution in [-0.4, -0.2) is 65.9 Å². The molecule has 8 nitrogen and oxygen atoms in total. The van der Waals surface area contributed by atoms with E-state index in [-0.39, 0.29) is 29.7 Å². The Kier molecular flexibility index (Phi) is 12.0. The van der Waals surface area contributed by atoms with Crippen molar-refractivity contribution in [2.75, 3.05) is 26.2 Å². The van der Waals surface area contributed by atoms with E-state index < -0.39 is 6.04 Å². The molecule has 9 heteroatoms. The summed E-state index contributed by atoms with van der Waals surface area (Å²) in [5, 5.41) is 10.1. The summed E-state index contributed by atoms with van der Waals surface area (Å²) in [7, 11) is 0. The number of rotatable bonds is 13. The Hall–Kier alpha value is -2.78. The zero-order valence-electron chi connectivity index (χ0n) is 25.7. The fourth-order valence-corrected chi connectivity index (χ4v) is 7.12. The Labute approximate surface area is 255 Å². The third kappa shape index (κ3) is 9.11.